The molecule has 0 saturated carbocycles. The van der Waals surface area contributed by atoms with E-state index >= 15 is 0 Å². The van der Waals surface area contributed by atoms with Crippen LogP contribution in [0, 0.1) is 0 Å². The lowest BCUT2D eigenvalue weighted by atomic mass is 10.0. The van der Waals surface area contributed by atoms with Crippen LogP contribution >= 0.6 is 0 Å². The van der Waals surface area contributed by atoms with Crippen molar-refractivity contribution in [2.24, 2.45) is 7.05 Å². The fourth-order valence-electron chi connectivity index (χ4n) is 1.59. The minimum atomic E-state index is 0.151. The van der Waals surface area contributed by atoms with Crippen LogP contribution in [0.15, 0.2) is 6.08 Å². The third-order valence-electron chi connectivity index (χ3n) is 2.32. The lowest BCUT2D eigenvalue weighted by molar-refractivity contribution is 0.385. The number of fused-ring (bicyclic) bond motifs is 1. The predicted molar refractivity (Wildman–Crippen MR) is 46.1 cm³/mol. The van der Waals surface area contributed by atoms with E-state index in [1.54, 1.807) is 7.05 Å². The second-order valence-corrected chi connectivity index (χ2v) is 3.04. The minimum absolute atomic E-state index is 0.151. The van der Waals surface area contributed by atoms with Gasteiger partial charge in [0.2, 0.25) is 5.88 Å². The Kier molecular flexibility index (Phi) is 1.40. The molecule has 2 rings (SSSR count). The molecular formula is C9H11NO2. The lowest BCUT2D eigenvalue weighted by Gasteiger charge is -2.03. The van der Waals surface area contributed by atoms with Gasteiger partial charge >= 0.3 is 0 Å². The number of rotatable bonds is 0. The molecule has 1 aliphatic rings. The van der Waals surface area contributed by atoms with E-state index in [0.29, 0.717) is 0 Å². The number of aromatic nitrogens is 1. The zero-order chi connectivity index (χ0) is 8.72. The number of hydrogen-bond donors (Lipinski definition) is 2. The first-order valence-electron chi connectivity index (χ1n) is 3.98. The summed E-state index contributed by atoms with van der Waals surface area (Å²) in [5, 5.41) is 19.0. The normalized spacial score (nSPS) is 14.8. The number of hydrogen-bond acceptors (Lipinski definition) is 2. The zero-order valence-electron chi connectivity index (χ0n) is 6.91. The van der Waals surface area contributed by atoms with Gasteiger partial charge in [-0.15, -0.1) is 0 Å². The van der Waals surface area contributed by atoms with Crippen LogP contribution < -0.4 is 0 Å². The van der Waals surface area contributed by atoms with E-state index in [0.717, 1.165) is 24.0 Å². The van der Waals surface area contributed by atoms with Crippen molar-refractivity contribution in [3.05, 3.63) is 17.2 Å². The number of aromatic hydroxyl groups is 2. The summed E-state index contributed by atoms with van der Waals surface area (Å²) in [5.74, 6) is 0.338. The molecule has 1 aromatic heterocycles. The third kappa shape index (κ3) is 0.763. The van der Waals surface area contributed by atoms with E-state index in [-0.39, 0.29) is 11.8 Å². The quantitative estimate of drug-likeness (QED) is 0.610. The highest BCUT2D eigenvalue weighted by Gasteiger charge is 2.19. The number of nitrogens with zero attached hydrogens (tertiary/aromatic N) is 1. The Labute approximate surface area is 70.6 Å². The molecule has 0 spiro atoms. The molecule has 1 heterocycles. The maximum absolute atomic E-state index is 9.53. The van der Waals surface area contributed by atoms with Crippen molar-refractivity contribution in [1.82, 2.24) is 4.57 Å². The Bertz CT molecular complexity index is 350. The van der Waals surface area contributed by atoms with Gasteiger partial charge in [0.25, 0.3) is 0 Å². The van der Waals surface area contributed by atoms with Crippen molar-refractivity contribution in [3.8, 4) is 11.8 Å². The maximum atomic E-state index is 9.53. The molecule has 0 amide bonds. The Hall–Kier alpha value is -1.38. The highest BCUT2D eigenvalue weighted by molar-refractivity contribution is 5.65. The first-order chi connectivity index (χ1) is 5.72. The summed E-state index contributed by atoms with van der Waals surface area (Å²) in [7, 11) is 1.65. The first kappa shape index (κ1) is 7.28. The Morgan fingerprint density at radius 3 is 2.75 bits per heavy atom. The molecule has 0 aromatic carbocycles. The van der Waals surface area contributed by atoms with Crippen LogP contribution in [0.4, 0.5) is 0 Å². The van der Waals surface area contributed by atoms with Crippen molar-refractivity contribution < 1.29 is 10.2 Å². The van der Waals surface area contributed by atoms with Crippen molar-refractivity contribution >= 4 is 6.08 Å². The van der Waals surface area contributed by atoms with Gasteiger partial charge in [0, 0.05) is 18.2 Å². The molecule has 0 unspecified atom stereocenters. The molecule has 3 heteroatoms. The molecule has 3 nitrogen and oxygen atoms in total. The number of allylic oxidation sites excluding steroid dienone is 1. The van der Waals surface area contributed by atoms with Gasteiger partial charge in [-0.05, 0) is 12.8 Å². The molecule has 0 radical (unpaired) electrons. The van der Waals surface area contributed by atoms with Crippen molar-refractivity contribution in [2.45, 2.75) is 12.8 Å². The summed E-state index contributed by atoms with van der Waals surface area (Å²) in [4.78, 5) is 0. The van der Waals surface area contributed by atoms with Crippen LogP contribution in [0.2, 0.25) is 0 Å². The van der Waals surface area contributed by atoms with Crippen molar-refractivity contribution in [3.63, 3.8) is 0 Å². The van der Waals surface area contributed by atoms with Crippen molar-refractivity contribution in [2.75, 3.05) is 0 Å². The average molecular weight is 165 g/mol. The summed E-state index contributed by atoms with van der Waals surface area (Å²) in [5.41, 5.74) is 1.62. The van der Waals surface area contributed by atoms with Gasteiger partial charge in [0.1, 0.15) is 0 Å². The SMILES string of the molecule is Cn1c(O)c2c(c1O)CCC=C2. The monoisotopic (exact) mass is 165 g/mol. The molecule has 0 aliphatic heterocycles. The first-order valence-corrected chi connectivity index (χ1v) is 3.98. The topological polar surface area (TPSA) is 45.4 Å². The highest BCUT2D eigenvalue weighted by Crippen LogP contribution is 2.36. The fraction of sp³-hybridized carbons (Fsp3) is 0.333. The Balaban J connectivity index is 2.70. The van der Waals surface area contributed by atoms with E-state index in [1.807, 2.05) is 12.2 Å². The second-order valence-electron chi connectivity index (χ2n) is 3.04. The van der Waals surface area contributed by atoms with Crippen LogP contribution in [0.5, 0.6) is 11.8 Å². The second kappa shape index (κ2) is 2.30. The van der Waals surface area contributed by atoms with Gasteiger partial charge in [-0.1, -0.05) is 12.2 Å². The van der Waals surface area contributed by atoms with Crippen molar-refractivity contribution in [1.29, 1.82) is 0 Å². The predicted octanol–water partition coefficient (Wildman–Crippen LogP) is 1.40. The average Bonchev–Trinajstić information content (AvgIpc) is 2.33. The molecule has 12 heavy (non-hydrogen) atoms. The summed E-state index contributed by atoms with van der Waals surface area (Å²) >= 11 is 0. The highest BCUT2D eigenvalue weighted by atomic mass is 16.3. The van der Waals surface area contributed by atoms with Crippen LogP contribution in [0.1, 0.15) is 17.5 Å². The largest absolute Gasteiger partial charge is 0.494 e. The van der Waals surface area contributed by atoms with Gasteiger partial charge in [0.05, 0.1) is 0 Å². The van der Waals surface area contributed by atoms with Gasteiger partial charge in [-0.25, -0.2) is 0 Å². The van der Waals surface area contributed by atoms with Gasteiger partial charge in [0.15, 0.2) is 5.88 Å². The maximum Gasteiger partial charge on any atom is 0.201 e. The molecule has 2 N–H and O–H groups in total. The van der Waals surface area contributed by atoms with Crippen LogP contribution in [-0.4, -0.2) is 14.8 Å². The van der Waals surface area contributed by atoms with E-state index in [9.17, 15) is 10.2 Å². The molecule has 0 fully saturated rings. The molecule has 1 aliphatic carbocycles. The van der Waals surface area contributed by atoms with Gasteiger partial charge < -0.3 is 10.2 Å². The van der Waals surface area contributed by atoms with E-state index in [4.69, 9.17) is 0 Å². The van der Waals surface area contributed by atoms with E-state index < -0.39 is 0 Å². The fourth-order valence-corrected chi connectivity index (χ4v) is 1.59. The van der Waals surface area contributed by atoms with Crippen LogP contribution in [0.25, 0.3) is 6.08 Å². The lowest BCUT2D eigenvalue weighted by Crippen LogP contribution is -1.89. The molecule has 0 bridgehead atoms. The minimum Gasteiger partial charge on any atom is -0.494 e. The van der Waals surface area contributed by atoms with Crippen LogP contribution in [0.3, 0.4) is 0 Å². The molecule has 0 atom stereocenters. The summed E-state index contributed by atoms with van der Waals surface area (Å²) in [6.45, 7) is 0. The Morgan fingerprint density at radius 2 is 2.08 bits per heavy atom. The Morgan fingerprint density at radius 1 is 1.33 bits per heavy atom. The van der Waals surface area contributed by atoms with E-state index in [1.165, 1.54) is 4.57 Å². The zero-order valence-corrected chi connectivity index (χ0v) is 6.91. The van der Waals surface area contributed by atoms with Gasteiger partial charge in [-0.2, -0.15) is 0 Å². The summed E-state index contributed by atoms with van der Waals surface area (Å²) in [6.07, 6.45) is 5.60. The molecule has 0 saturated heterocycles. The standard InChI is InChI=1S/C9H11NO2/c1-10-8(11)6-4-2-3-5-7(6)9(10)12/h2,4,11-12H,3,5H2,1H3. The summed E-state index contributed by atoms with van der Waals surface area (Å²) in [6, 6.07) is 0. The third-order valence-corrected chi connectivity index (χ3v) is 2.32. The molecule has 64 valence electrons. The smallest absolute Gasteiger partial charge is 0.201 e. The molecular weight excluding hydrogens is 154 g/mol. The van der Waals surface area contributed by atoms with Crippen LogP contribution in [-0.2, 0) is 13.5 Å². The molecule has 1 aromatic rings. The summed E-state index contributed by atoms with van der Waals surface area (Å²) < 4.78 is 1.40. The van der Waals surface area contributed by atoms with E-state index in [2.05, 4.69) is 0 Å². The van der Waals surface area contributed by atoms with Gasteiger partial charge in [-0.3, -0.25) is 4.57 Å².